The average molecular weight is 327 g/mol. The maximum atomic E-state index is 13.7. The smallest absolute Gasteiger partial charge is 0.256 e. The molecule has 0 atom stereocenters. The normalized spacial score (nSPS) is 12.0. The number of nitrogens with zero attached hydrogens (tertiary/aromatic N) is 1. The molecule has 0 aliphatic carbocycles. The number of pyridine rings is 1. The Balaban J connectivity index is 2.24. The van der Waals surface area contributed by atoms with Gasteiger partial charge in [-0.1, -0.05) is 25.6 Å². The first kappa shape index (κ1) is 14.3. The van der Waals surface area contributed by atoms with Gasteiger partial charge in [0.15, 0.2) is 5.16 Å². The van der Waals surface area contributed by atoms with E-state index in [-0.39, 0.29) is 11.4 Å². The van der Waals surface area contributed by atoms with E-state index in [0.29, 0.717) is 16.0 Å². The van der Waals surface area contributed by atoms with Crippen LogP contribution in [0.2, 0.25) is 0 Å². The van der Waals surface area contributed by atoms with E-state index in [9.17, 15) is 9.18 Å². The van der Waals surface area contributed by atoms with Gasteiger partial charge >= 0.3 is 0 Å². The predicted molar refractivity (Wildman–Crippen MR) is 92.7 cm³/mol. The molecule has 0 unspecified atom stereocenters. The van der Waals surface area contributed by atoms with Crippen LogP contribution >= 0.6 is 11.8 Å². The number of benzene rings is 2. The van der Waals surface area contributed by atoms with Gasteiger partial charge in [-0.3, -0.25) is 4.79 Å². The van der Waals surface area contributed by atoms with Crippen LogP contribution in [0.5, 0.6) is 0 Å². The molecule has 6 heteroatoms. The topological polar surface area (TPSA) is 61.5 Å². The molecule has 0 spiro atoms. The molecular formula is C17H14FN3OS. The molecule has 0 bridgehead atoms. The summed E-state index contributed by atoms with van der Waals surface area (Å²) >= 11 is 1.62. The third kappa shape index (κ3) is 2.21. The highest BCUT2D eigenvalue weighted by Crippen LogP contribution is 2.34. The van der Waals surface area contributed by atoms with Gasteiger partial charge in [-0.25, -0.2) is 9.37 Å². The van der Waals surface area contributed by atoms with Crippen LogP contribution in [0.25, 0.3) is 32.6 Å². The van der Waals surface area contributed by atoms with Gasteiger partial charge in [0.25, 0.3) is 5.56 Å². The number of aromatic amines is 2. The van der Waals surface area contributed by atoms with Crippen LogP contribution in [0.4, 0.5) is 4.39 Å². The van der Waals surface area contributed by atoms with E-state index in [1.807, 2.05) is 6.07 Å². The van der Waals surface area contributed by atoms with Gasteiger partial charge in [0.05, 0.1) is 16.4 Å². The van der Waals surface area contributed by atoms with E-state index in [1.165, 1.54) is 12.1 Å². The number of hydrogen-bond acceptors (Lipinski definition) is 3. The lowest BCUT2D eigenvalue weighted by molar-refractivity contribution is 0.630. The Bertz CT molecular complexity index is 1110. The van der Waals surface area contributed by atoms with Gasteiger partial charge in [0.2, 0.25) is 0 Å². The van der Waals surface area contributed by atoms with Crippen LogP contribution in [0.3, 0.4) is 0 Å². The Morgan fingerprint density at radius 2 is 2.00 bits per heavy atom. The molecule has 4 aromatic rings. The molecule has 0 amide bonds. The molecule has 0 saturated heterocycles. The van der Waals surface area contributed by atoms with Crippen molar-refractivity contribution in [3.63, 3.8) is 0 Å². The average Bonchev–Trinajstić information content (AvgIpc) is 2.90. The number of thioether (sulfide) groups is 1. The quantitative estimate of drug-likeness (QED) is 0.428. The van der Waals surface area contributed by atoms with Crippen molar-refractivity contribution < 1.29 is 4.39 Å². The van der Waals surface area contributed by atoms with E-state index < -0.39 is 0 Å². The minimum Gasteiger partial charge on any atom is -0.332 e. The third-order valence-corrected chi connectivity index (χ3v) is 4.65. The van der Waals surface area contributed by atoms with Crippen molar-refractivity contribution in [3.8, 4) is 0 Å². The summed E-state index contributed by atoms with van der Waals surface area (Å²) in [4.78, 5) is 23.0. The van der Waals surface area contributed by atoms with E-state index in [4.69, 9.17) is 0 Å². The molecule has 0 fully saturated rings. The zero-order chi connectivity index (χ0) is 16.1. The van der Waals surface area contributed by atoms with Crippen LogP contribution < -0.4 is 5.56 Å². The summed E-state index contributed by atoms with van der Waals surface area (Å²) in [5.74, 6) is -0.367. The first-order valence-corrected chi connectivity index (χ1v) is 8.21. The van der Waals surface area contributed by atoms with Gasteiger partial charge in [-0.2, -0.15) is 0 Å². The number of fused-ring (bicyclic) bond motifs is 6. The SMILES string of the molecule is CC(C)Sc1nc2c3ccc(F)cc3c3c(=O)[nH]ccc3c2[nH]1. The maximum Gasteiger partial charge on any atom is 0.256 e. The summed E-state index contributed by atoms with van der Waals surface area (Å²) in [6, 6.07) is 6.31. The number of aromatic nitrogens is 3. The number of halogens is 1. The molecule has 0 saturated carbocycles. The van der Waals surface area contributed by atoms with Crippen LogP contribution in [-0.2, 0) is 0 Å². The summed E-state index contributed by atoms with van der Waals surface area (Å²) < 4.78 is 13.7. The van der Waals surface area contributed by atoms with Crippen LogP contribution in [0.15, 0.2) is 40.4 Å². The lowest BCUT2D eigenvalue weighted by Crippen LogP contribution is -2.05. The van der Waals surface area contributed by atoms with Gasteiger partial charge in [0, 0.05) is 27.6 Å². The molecule has 4 nitrogen and oxygen atoms in total. The molecule has 2 aromatic carbocycles. The standard InChI is InChI=1S/C17H14FN3OS/c1-8(2)23-17-20-14-10-4-3-9(18)7-12(10)13-11(15(14)21-17)5-6-19-16(13)22/h3-8H,1-2H3,(H,19,22)(H,20,21). The number of hydrogen-bond donors (Lipinski definition) is 2. The van der Waals surface area contributed by atoms with Crippen molar-refractivity contribution in [2.45, 2.75) is 24.3 Å². The fourth-order valence-corrected chi connectivity index (χ4v) is 3.66. The molecule has 4 rings (SSSR count). The second-order valence-electron chi connectivity index (χ2n) is 5.72. The van der Waals surface area contributed by atoms with E-state index in [1.54, 1.807) is 24.0 Å². The molecule has 116 valence electrons. The van der Waals surface area contributed by atoms with E-state index >= 15 is 0 Å². The van der Waals surface area contributed by atoms with E-state index in [2.05, 4.69) is 28.8 Å². The summed E-state index contributed by atoms with van der Waals surface area (Å²) in [5, 5.41) is 3.78. The predicted octanol–water partition coefficient (Wildman–Crippen LogP) is 4.20. The van der Waals surface area contributed by atoms with Crippen molar-refractivity contribution >= 4 is 44.3 Å². The Labute approximate surface area is 135 Å². The Hall–Kier alpha value is -2.34. The van der Waals surface area contributed by atoms with Crippen LogP contribution in [-0.4, -0.2) is 20.2 Å². The molecule has 2 aromatic heterocycles. The maximum absolute atomic E-state index is 13.7. The fourth-order valence-electron chi connectivity index (χ4n) is 2.90. The Kier molecular flexibility index (Phi) is 3.16. The summed E-state index contributed by atoms with van der Waals surface area (Å²) in [7, 11) is 0. The lowest BCUT2D eigenvalue weighted by atomic mass is 10.0. The number of nitrogens with one attached hydrogen (secondary N) is 2. The molecule has 23 heavy (non-hydrogen) atoms. The minimum absolute atomic E-state index is 0.229. The van der Waals surface area contributed by atoms with Crippen LogP contribution in [0.1, 0.15) is 13.8 Å². The second-order valence-corrected chi connectivity index (χ2v) is 7.28. The highest BCUT2D eigenvalue weighted by Gasteiger charge is 2.16. The molecule has 2 heterocycles. The van der Waals surface area contributed by atoms with Crippen LogP contribution in [0, 0.1) is 5.82 Å². The molecule has 2 N–H and O–H groups in total. The number of imidazole rings is 1. The fraction of sp³-hybridized carbons (Fsp3) is 0.176. The van der Waals surface area contributed by atoms with Gasteiger partial charge in [-0.15, -0.1) is 0 Å². The lowest BCUT2D eigenvalue weighted by Gasteiger charge is -2.05. The van der Waals surface area contributed by atoms with Crippen molar-refractivity contribution in [2.24, 2.45) is 0 Å². The molecule has 0 aliphatic heterocycles. The van der Waals surface area contributed by atoms with Crippen molar-refractivity contribution in [1.82, 2.24) is 15.0 Å². The highest BCUT2D eigenvalue weighted by atomic mass is 32.2. The first-order chi connectivity index (χ1) is 11.0. The van der Waals surface area contributed by atoms with Crippen molar-refractivity contribution in [1.29, 1.82) is 0 Å². The first-order valence-electron chi connectivity index (χ1n) is 7.33. The van der Waals surface area contributed by atoms with Gasteiger partial charge in [0.1, 0.15) is 5.82 Å². The zero-order valence-electron chi connectivity index (χ0n) is 12.6. The van der Waals surface area contributed by atoms with Crippen molar-refractivity contribution in [3.05, 3.63) is 46.6 Å². The van der Waals surface area contributed by atoms with Gasteiger partial charge < -0.3 is 9.97 Å². The number of H-pyrrole nitrogens is 2. The molecular weight excluding hydrogens is 313 g/mol. The summed E-state index contributed by atoms with van der Waals surface area (Å²) in [6.45, 7) is 4.18. The second kappa shape index (κ2) is 5.09. The molecule has 0 radical (unpaired) electrons. The van der Waals surface area contributed by atoms with Gasteiger partial charge in [-0.05, 0) is 24.3 Å². The Morgan fingerprint density at radius 3 is 2.78 bits per heavy atom. The third-order valence-electron chi connectivity index (χ3n) is 3.77. The van der Waals surface area contributed by atoms with E-state index in [0.717, 1.165) is 27.0 Å². The summed E-state index contributed by atoms with van der Waals surface area (Å²) in [6.07, 6.45) is 1.60. The zero-order valence-corrected chi connectivity index (χ0v) is 13.4. The largest absolute Gasteiger partial charge is 0.332 e. The Morgan fingerprint density at radius 1 is 1.17 bits per heavy atom. The highest BCUT2D eigenvalue weighted by molar-refractivity contribution is 7.99. The number of rotatable bonds is 2. The minimum atomic E-state index is -0.367. The van der Waals surface area contributed by atoms with Crippen molar-refractivity contribution in [2.75, 3.05) is 0 Å². The molecule has 0 aliphatic rings. The monoisotopic (exact) mass is 327 g/mol. The summed E-state index contributed by atoms with van der Waals surface area (Å²) in [5.41, 5.74) is 1.35.